The first-order valence-electron chi connectivity index (χ1n) is 21.8. The molecule has 5 fully saturated rings. The van der Waals surface area contributed by atoms with Crippen LogP contribution in [-0.2, 0) is 6.42 Å². The first kappa shape index (κ1) is 36.6. The monoisotopic (exact) mass is 720 g/mol. The van der Waals surface area contributed by atoms with Crippen molar-refractivity contribution >= 4 is 0 Å². The van der Waals surface area contributed by atoms with Crippen molar-refractivity contribution in [1.82, 2.24) is 0 Å². The molecule has 5 aliphatic carbocycles. The van der Waals surface area contributed by atoms with Crippen LogP contribution in [0.2, 0.25) is 0 Å². The second-order valence-electron chi connectivity index (χ2n) is 17.3. The van der Waals surface area contributed by atoms with Gasteiger partial charge in [0.25, 0.3) is 0 Å². The largest absolute Gasteiger partial charge is 0.488 e. The number of unbranched alkanes of at least 4 members (excludes halogenated alkanes) is 2. The molecule has 0 amide bonds. The molecule has 0 saturated heterocycles. The topological polar surface area (TPSA) is 46.2 Å². The molecule has 3 aromatic rings. The van der Waals surface area contributed by atoms with Crippen LogP contribution in [0.1, 0.15) is 128 Å². The number of benzene rings is 3. The Bertz CT molecular complexity index is 1530. The minimum absolute atomic E-state index is 0.572. The minimum atomic E-state index is 0.572. The van der Waals surface area contributed by atoms with Crippen LogP contribution in [-0.4, -0.2) is 33.0 Å². The molecule has 286 valence electrons. The van der Waals surface area contributed by atoms with Crippen molar-refractivity contribution in [3.05, 3.63) is 54.1 Å². The summed E-state index contributed by atoms with van der Waals surface area (Å²) in [4.78, 5) is 0. The van der Waals surface area contributed by atoms with Gasteiger partial charge in [0.15, 0.2) is 11.5 Å². The lowest BCUT2D eigenvalue weighted by Gasteiger charge is -2.33. The van der Waals surface area contributed by atoms with Gasteiger partial charge >= 0.3 is 0 Å². The second kappa shape index (κ2) is 17.9. The molecule has 0 spiro atoms. The van der Waals surface area contributed by atoms with E-state index in [0.29, 0.717) is 68.4 Å². The highest BCUT2D eigenvalue weighted by molar-refractivity contribution is 5.87. The summed E-state index contributed by atoms with van der Waals surface area (Å²) in [7, 11) is 0. The molecule has 0 heterocycles. The summed E-state index contributed by atoms with van der Waals surface area (Å²) < 4.78 is 34.9. The third-order valence-corrected chi connectivity index (χ3v) is 13.2. The van der Waals surface area contributed by atoms with Gasteiger partial charge in [-0.15, -0.1) is 0 Å². The fourth-order valence-corrected chi connectivity index (χ4v) is 8.15. The highest BCUT2D eigenvalue weighted by atomic mass is 16.6. The van der Waals surface area contributed by atoms with Gasteiger partial charge in [0, 0.05) is 0 Å². The third kappa shape index (κ3) is 8.97. The van der Waals surface area contributed by atoms with E-state index in [-0.39, 0.29) is 0 Å². The standard InChI is InChI=1S/C48H64O5/c1-2-3-4-10-34-21-23-40(24-22-34)41-25-27-42(28-26-41)43-44(49-29-35-11-5-12-35)46(51-31-37-15-7-16-37)48(53-33-39-19-9-20-39)47(52-32-38-17-8-18-38)45(43)50-30-36-13-6-14-36/h21-28,35-39H,2-20,29-33H2,1H3. The molecule has 8 rings (SSSR count). The van der Waals surface area contributed by atoms with Crippen molar-refractivity contribution in [3.63, 3.8) is 0 Å². The number of rotatable bonds is 21. The van der Waals surface area contributed by atoms with Crippen LogP contribution in [0, 0.1) is 29.6 Å². The molecule has 0 radical (unpaired) electrons. The van der Waals surface area contributed by atoms with E-state index in [1.54, 1.807) is 0 Å². The van der Waals surface area contributed by atoms with Crippen LogP contribution in [0.25, 0.3) is 22.3 Å². The molecule has 0 aliphatic heterocycles. The van der Waals surface area contributed by atoms with Crippen LogP contribution in [0.15, 0.2) is 48.5 Å². The van der Waals surface area contributed by atoms with E-state index in [1.807, 2.05) is 0 Å². The van der Waals surface area contributed by atoms with E-state index in [0.717, 1.165) is 40.5 Å². The average molecular weight is 721 g/mol. The highest BCUT2D eigenvalue weighted by Crippen LogP contribution is 2.59. The van der Waals surface area contributed by atoms with Crippen LogP contribution in [0.3, 0.4) is 0 Å². The molecule has 5 aliphatic rings. The molecule has 3 aromatic carbocycles. The predicted octanol–water partition coefficient (Wildman–Crippen LogP) is 12.6. The molecular formula is C48H64O5. The molecule has 5 nitrogen and oxygen atoms in total. The maximum atomic E-state index is 7.03. The van der Waals surface area contributed by atoms with Crippen molar-refractivity contribution in [2.45, 2.75) is 129 Å². The Morgan fingerprint density at radius 1 is 0.396 bits per heavy atom. The summed E-state index contributed by atoms with van der Waals surface area (Å²) in [5.74, 6) is 6.60. The molecule has 0 unspecified atom stereocenters. The molecule has 0 bridgehead atoms. The van der Waals surface area contributed by atoms with E-state index in [1.165, 1.54) is 132 Å². The fraction of sp³-hybridized carbons (Fsp3) is 0.625. The van der Waals surface area contributed by atoms with Gasteiger partial charge in [0.05, 0.1) is 38.6 Å². The Morgan fingerprint density at radius 3 is 1.06 bits per heavy atom. The SMILES string of the molecule is CCCCCc1ccc(-c2ccc(-c3c(OCC4CCC4)c(OCC4CCC4)c(OCC4CCC4)c(OCC4CCC4)c3OCC3CCC3)cc2)cc1. The van der Waals surface area contributed by atoms with E-state index < -0.39 is 0 Å². The third-order valence-electron chi connectivity index (χ3n) is 13.2. The normalized spacial score (nSPS) is 19.3. The van der Waals surface area contributed by atoms with Crippen molar-refractivity contribution < 1.29 is 23.7 Å². The van der Waals surface area contributed by atoms with E-state index in [4.69, 9.17) is 23.7 Å². The average Bonchev–Trinajstić information content (AvgIpc) is 3.07. The summed E-state index contributed by atoms with van der Waals surface area (Å²) in [5.41, 5.74) is 5.91. The van der Waals surface area contributed by atoms with Gasteiger partial charge in [-0.2, -0.15) is 0 Å². The van der Waals surface area contributed by atoms with Gasteiger partial charge in [-0.1, -0.05) is 100 Å². The number of aryl methyl sites for hydroxylation is 1. The molecule has 5 saturated carbocycles. The lowest BCUT2D eigenvalue weighted by molar-refractivity contribution is 0.125. The van der Waals surface area contributed by atoms with Crippen molar-refractivity contribution in [2.75, 3.05) is 33.0 Å². The number of hydrogen-bond acceptors (Lipinski definition) is 5. The summed E-state index contributed by atoms with van der Waals surface area (Å²) >= 11 is 0. The Balaban J connectivity index is 1.21. The minimum Gasteiger partial charge on any atom is -0.488 e. The Labute approximate surface area is 319 Å². The van der Waals surface area contributed by atoms with E-state index >= 15 is 0 Å². The van der Waals surface area contributed by atoms with Gasteiger partial charge < -0.3 is 23.7 Å². The molecule has 0 N–H and O–H groups in total. The summed E-state index contributed by atoms with van der Waals surface area (Å²) in [6, 6.07) is 18.2. The number of ether oxygens (including phenoxy) is 5. The van der Waals surface area contributed by atoms with Crippen LogP contribution >= 0.6 is 0 Å². The van der Waals surface area contributed by atoms with Crippen LogP contribution in [0.5, 0.6) is 28.7 Å². The maximum Gasteiger partial charge on any atom is 0.211 e. The molecule has 53 heavy (non-hydrogen) atoms. The van der Waals surface area contributed by atoms with Gasteiger partial charge in [0.1, 0.15) is 0 Å². The van der Waals surface area contributed by atoms with Crippen molar-refractivity contribution in [1.29, 1.82) is 0 Å². The van der Waals surface area contributed by atoms with Crippen LogP contribution in [0.4, 0.5) is 0 Å². The molecule has 5 heteroatoms. The van der Waals surface area contributed by atoms with Gasteiger partial charge in [-0.3, -0.25) is 0 Å². The quantitative estimate of drug-likeness (QED) is 0.103. The van der Waals surface area contributed by atoms with Crippen molar-refractivity contribution in [2.24, 2.45) is 29.6 Å². The molecule has 0 atom stereocenters. The zero-order valence-corrected chi connectivity index (χ0v) is 32.5. The Kier molecular flexibility index (Phi) is 12.3. The zero-order valence-electron chi connectivity index (χ0n) is 32.5. The maximum absolute atomic E-state index is 7.03. The first-order chi connectivity index (χ1) is 26.2. The molecule has 0 aromatic heterocycles. The zero-order chi connectivity index (χ0) is 35.8. The lowest BCUT2D eigenvalue weighted by Crippen LogP contribution is -2.24. The predicted molar refractivity (Wildman–Crippen MR) is 215 cm³/mol. The first-order valence-corrected chi connectivity index (χ1v) is 21.8. The fourth-order valence-electron chi connectivity index (χ4n) is 8.15. The van der Waals surface area contributed by atoms with Gasteiger partial charge in [-0.05, 0) is 129 Å². The smallest absolute Gasteiger partial charge is 0.211 e. The van der Waals surface area contributed by atoms with Gasteiger partial charge in [-0.25, -0.2) is 0 Å². The lowest BCUT2D eigenvalue weighted by atomic mass is 9.86. The Morgan fingerprint density at radius 2 is 0.717 bits per heavy atom. The number of hydrogen-bond donors (Lipinski definition) is 0. The van der Waals surface area contributed by atoms with Gasteiger partial charge in [0.2, 0.25) is 17.2 Å². The molecular weight excluding hydrogens is 657 g/mol. The Hall–Kier alpha value is -3.34. The summed E-state index contributed by atoms with van der Waals surface area (Å²) in [6.45, 7) is 5.66. The van der Waals surface area contributed by atoms with E-state index in [2.05, 4.69) is 55.5 Å². The van der Waals surface area contributed by atoms with Crippen molar-refractivity contribution in [3.8, 4) is 51.0 Å². The van der Waals surface area contributed by atoms with E-state index in [9.17, 15) is 0 Å². The second-order valence-corrected chi connectivity index (χ2v) is 17.3. The summed E-state index contributed by atoms with van der Waals surface area (Å²) in [5, 5.41) is 0. The highest BCUT2D eigenvalue weighted by Gasteiger charge is 2.35. The van der Waals surface area contributed by atoms with Crippen LogP contribution < -0.4 is 23.7 Å². The summed E-state index contributed by atoms with van der Waals surface area (Å²) in [6.07, 6.45) is 23.6.